The summed E-state index contributed by atoms with van der Waals surface area (Å²) >= 11 is 0. The molecule has 2 amide bonds. The molecule has 0 aliphatic carbocycles. The summed E-state index contributed by atoms with van der Waals surface area (Å²) in [6, 6.07) is -1.39. The van der Waals surface area contributed by atoms with E-state index in [1.165, 1.54) is 44.9 Å². The second-order valence-electron chi connectivity index (χ2n) is 12.3. The maximum Gasteiger partial charge on any atom is 0.328 e. The molecule has 0 aliphatic rings. The minimum absolute atomic E-state index is 0.133. The second-order valence-corrected chi connectivity index (χ2v) is 12.3. The van der Waals surface area contributed by atoms with Crippen LogP contribution in [0.4, 0.5) is 0 Å². The fraction of sp³-hybridized carbons (Fsp3) is 0.737. The number of aliphatic hydroxyl groups excluding tert-OH is 1. The van der Waals surface area contributed by atoms with Gasteiger partial charge in [-0.3, -0.25) is 14.4 Å². The highest BCUT2D eigenvalue weighted by molar-refractivity contribution is 5.87. The molecule has 0 aromatic heterocycles. The molecule has 0 rings (SSSR count). The first-order valence-electron chi connectivity index (χ1n) is 18.4. The van der Waals surface area contributed by atoms with Gasteiger partial charge < -0.3 is 25.6 Å². The number of rotatable bonds is 32. The molecular weight excluding hydrogens is 596 g/mol. The average molecular weight is 663 g/mol. The average Bonchev–Trinajstić information content (AvgIpc) is 3.05. The molecule has 0 spiro atoms. The Morgan fingerprint density at radius 1 is 0.660 bits per heavy atom. The smallest absolute Gasteiger partial charge is 0.328 e. The van der Waals surface area contributed by atoms with Gasteiger partial charge in [0.25, 0.3) is 0 Å². The number of hydrogen-bond donors (Lipinski definition) is 4. The van der Waals surface area contributed by atoms with Crippen molar-refractivity contribution in [1.82, 2.24) is 10.6 Å². The molecule has 0 bridgehead atoms. The van der Waals surface area contributed by atoms with E-state index in [1.54, 1.807) is 0 Å². The number of carboxylic acids is 1. The van der Waals surface area contributed by atoms with Crippen LogP contribution in [-0.2, 0) is 23.9 Å². The van der Waals surface area contributed by atoms with Crippen molar-refractivity contribution in [2.75, 3.05) is 13.2 Å². The Balaban J connectivity index is 4.09. The van der Waals surface area contributed by atoms with Gasteiger partial charge in [-0.15, -0.1) is 0 Å². The molecule has 47 heavy (non-hydrogen) atoms. The number of unbranched alkanes of at least 4 members (excludes halogenated alkanes) is 14. The number of aliphatic carboxylic acids is 1. The van der Waals surface area contributed by atoms with Crippen LogP contribution in [0.25, 0.3) is 0 Å². The Morgan fingerprint density at radius 3 is 1.87 bits per heavy atom. The highest BCUT2D eigenvalue weighted by Crippen LogP contribution is 2.14. The van der Waals surface area contributed by atoms with Gasteiger partial charge in [0.2, 0.25) is 11.8 Å². The maximum atomic E-state index is 12.5. The quantitative estimate of drug-likeness (QED) is 0.0326. The molecule has 4 N–H and O–H groups in total. The fourth-order valence-electron chi connectivity index (χ4n) is 4.93. The number of aliphatic hydroxyl groups is 1. The van der Waals surface area contributed by atoms with Crippen molar-refractivity contribution >= 4 is 23.8 Å². The molecule has 0 saturated carbocycles. The van der Waals surface area contributed by atoms with Crippen molar-refractivity contribution < 1.29 is 34.1 Å². The van der Waals surface area contributed by atoms with Gasteiger partial charge in [0, 0.05) is 12.8 Å². The molecule has 2 atom stereocenters. The van der Waals surface area contributed by atoms with Crippen LogP contribution in [0.2, 0.25) is 0 Å². The second kappa shape index (κ2) is 33.0. The summed E-state index contributed by atoms with van der Waals surface area (Å²) in [7, 11) is 0. The first kappa shape index (κ1) is 44.1. The Bertz CT molecular complexity index is 900. The number of nitrogens with one attached hydrogen (secondary N) is 2. The molecule has 0 saturated heterocycles. The fourth-order valence-corrected chi connectivity index (χ4v) is 4.93. The van der Waals surface area contributed by atoms with Crippen LogP contribution >= 0.6 is 0 Å². The van der Waals surface area contributed by atoms with Gasteiger partial charge in [0.1, 0.15) is 12.1 Å². The molecule has 9 heteroatoms. The predicted octanol–water partition coefficient (Wildman–Crippen LogP) is 7.87. The lowest BCUT2D eigenvalue weighted by molar-refractivity contribution is -0.147. The zero-order valence-corrected chi connectivity index (χ0v) is 29.5. The van der Waals surface area contributed by atoms with Crippen molar-refractivity contribution in [3.05, 3.63) is 36.5 Å². The number of amides is 2. The third-order valence-electron chi connectivity index (χ3n) is 7.84. The van der Waals surface area contributed by atoms with E-state index in [9.17, 15) is 19.2 Å². The van der Waals surface area contributed by atoms with Gasteiger partial charge >= 0.3 is 11.9 Å². The summed E-state index contributed by atoms with van der Waals surface area (Å²) in [4.78, 5) is 47.1. The lowest BCUT2D eigenvalue weighted by Crippen LogP contribution is -2.47. The van der Waals surface area contributed by atoms with E-state index >= 15 is 0 Å². The third kappa shape index (κ3) is 30.2. The Morgan fingerprint density at radius 2 is 1.23 bits per heavy atom. The zero-order valence-electron chi connectivity index (χ0n) is 29.5. The van der Waals surface area contributed by atoms with E-state index in [4.69, 9.17) is 14.9 Å². The third-order valence-corrected chi connectivity index (χ3v) is 7.84. The van der Waals surface area contributed by atoms with Crippen LogP contribution in [0.5, 0.6) is 0 Å². The Labute approximate surface area is 285 Å². The van der Waals surface area contributed by atoms with Crippen LogP contribution in [-0.4, -0.2) is 59.3 Å². The lowest BCUT2D eigenvalue weighted by Gasteiger charge is -2.15. The first-order valence-corrected chi connectivity index (χ1v) is 18.4. The summed E-state index contributed by atoms with van der Waals surface area (Å²) in [5.41, 5.74) is 0. The number of ether oxygens (including phenoxy) is 1. The number of allylic oxidation sites excluding steroid dienone is 5. The largest absolute Gasteiger partial charge is 0.480 e. The normalized spacial score (nSPS) is 12.9. The molecule has 0 aliphatic heterocycles. The molecule has 0 aromatic rings. The van der Waals surface area contributed by atoms with Gasteiger partial charge in [-0.25, -0.2) is 4.79 Å². The van der Waals surface area contributed by atoms with Crippen LogP contribution in [0.15, 0.2) is 36.5 Å². The predicted molar refractivity (Wildman–Crippen MR) is 190 cm³/mol. The standard InChI is InChI=1S/C38H66N2O7/c1-3-5-7-9-10-11-12-13-14-15-16-17-18-19-20-26-30-37(44)47-33(27-23-8-6-4-2)28-24-21-22-25-29-35(42)39-31-36(43)40-34(32-41)38(45)46/h11-12,14-15,23,27,33-34,41H,3-10,13,16-22,24-26,28-32H2,1-2H3,(H,39,42)(H,40,43)(H,45,46)/b12-11-,15-14-,27-23-. The monoisotopic (exact) mass is 662 g/mol. The molecule has 0 heterocycles. The lowest BCUT2D eigenvalue weighted by atomic mass is 10.1. The maximum absolute atomic E-state index is 12.5. The van der Waals surface area contributed by atoms with Crippen LogP contribution in [0.1, 0.15) is 155 Å². The summed E-state index contributed by atoms with van der Waals surface area (Å²) in [5, 5.41) is 22.4. The first-order chi connectivity index (χ1) is 22.8. The van der Waals surface area contributed by atoms with E-state index in [0.717, 1.165) is 77.0 Å². The molecule has 0 aromatic carbocycles. The van der Waals surface area contributed by atoms with Crippen molar-refractivity contribution in [3.8, 4) is 0 Å². The number of carbonyl (C=O) groups is 4. The van der Waals surface area contributed by atoms with Crippen LogP contribution < -0.4 is 10.6 Å². The van der Waals surface area contributed by atoms with Crippen LogP contribution in [0, 0.1) is 0 Å². The highest BCUT2D eigenvalue weighted by Gasteiger charge is 2.18. The van der Waals surface area contributed by atoms with Gasteiger partial charge in [0.15, 0.2) is 0 Å². The van der Waals surface area contributed by atoms with Gasteiger partial charge in [-0.1, -0.05) is 108 Å². The number of carboxylic acid groups (broad SMARTS) is 1. The van der Waals surface area contributed by atoms with Gasteiger partial charge in [-0.05, 0) is 70.3 Å². The summed E-state index contributed by atoms with van der Waals surface area (Å²) in [6.45, 7) is 3.33. The Hall–Kier alpha value is -2.94. The van der Waals surface area contributed by atoms with Crippen molar-refractivity contribution in [2.24, 2.45) is 0 Å². The SMILES string of the molecule is CCCC/C=C\C(CCCCCCC(=O)NCC(=O)NC(CO)C(=O)O)OC(=O)CCCCCCC/C=C\C/C=C\CCCCCC. The number of esters is 1. The zero-order chi connectivity index (χ0) is 34.8. The summed E-state index contributed by atoms with van der Waals surface area (Å²) in [5.74, 6) is -2.43. The molecule has 2 unspecified atom stereocenters. The van der Waals surface area contributed by atoms with E-state index in [-0.39, 0.29) is 30.9 Å². The van der Waals surface area contributed by atoms with E-state index < -0.39 is 24.5 Å². The van der Waals surface area contributed by atoms with E-state index in [2.05, 4.69) is 54.9 Å². The minimum atomic E-state index is -1.39. The van der Waals surface area contributed by atoms with Crippen molar-refractivity contribution in [3.63, 3.8) is 0 Å². The van der Waals surface area contributed by atoms with Crippen molar-refractivity contribution in [2.45, 2.75) is 167 Å². The Kier molecular flexibility index (Phi) is 30.9. The number of hydrogen-bond acceptors (Lipinski definition) is 6. The molecular formula is C38H66N2O7. The topological polar surface area (TPSA) is 142 Å². The molecule has 270 valence electrons. The molecule has 0 radical (unpaired) electrons. The van der Waals surface area contributed by atoms with Gasteiger partial charge in [-0.2, -0.15) is 0 Å². The van der Waals surface area contributed by atoms with Crippen LogP contribution in [0.3, 0.4) is 0 Å². The number of carbonyl (C=O) groups excluding carboxylic acids is 3. The summed E-state index contributed by atoms with van der Waals surface area (Å²) < 4.78 is 5.81. The minimum Gasteiger partial charge on any atom is -0.480 e. The molecule has 9 nitrogen and oxygen atoms in total. The van der Waals surface area contributed by atoms with E-state index in [1.807, 2.05) is 6.08 Å². The van der Waals surface area contributed by atoms with E-state index in [0.29, 0.717) is 12.8 Å². The highest BCUT2D eigenvalue weighted by atomic mass is 16.5. The van der Waals surface area contributed by atoms with Crippen molar-refractivity contribution in [1.29, 1.82) is 0 Å². The summed E-state index contributed by atoms with van der Waals surface area (Å²) in [6.07, 6.45) is 35.0. The van der Waals surface area contributed by atoms with Gasteiger partial charge in [0.05, 0.1) is 13.2 Å². The molecule has 0 fully saturated rings.